The quantitative estimate of drug-likeness (QED) is 0.349. The van der Waals surface area contributed by atoms with Crippen LogP contribution in [0.3, 0.4) is 0 Å². The second-order valence-electron chi connectivity index (χ2n) is 9.15. The van der Waals surface area contributed by atoms with Crippen LogP contribution in [0.1, 0.15) is 108 Å². The van der Waals surface area contributed by atoms with Gasteiger partial charge in [0.2, 0.25) is 0 Å². The van der Waals surface area contributed by atoms with Gasteiger partial charge in [-0.3, -0.25) is 4.98 Å². The van der Waals surface area contributed by atoms with Gasteiger partial charge in [0, 0.05) is 11.8 Å². The van der Waals surface area contributed by atoms with Crippen LogP contribution in [0.4, 0.5) is 0 Å². The summed E-state index contributed by atoms with van der Waals surface area (Å²) in [5, 5.41) is 0. The van der Waals surface area contributed by atoms with Gasteiger partial charge in [-0.2, -0.15) is 0 Å². The molecule has 29 heavy (non-hydrogen) atoms. The second kappa shape index (κ2) is 12.2. The first kappa shape index (κ1) is 22.1. The third-order valence-electron chi connectivity index (χ3n) is 6.97. The minimum atomic E-state index is 0.768. The molecule has 0 amide bonds. The maximum absolute atomic E-state index is 4.63. The molecule has 0 aliphatic heterocycles. The molecule has 0 atom stereocenters. The Morgan fingerprint density at radius 2 is 1.45 bits per heavy atom. The molecule has 1 aromatic heterocycles. The van der Waals surface area contributed by atoms with E-state index in [2.05, 4.69) is 55.2 Å². The summed E-state index contributed by atoms with van der Waals surface area (Å²) in [6.45, 7) is 4.47. The van der Waals surface area contributed by atoms with Gasteiger partial charge in [-0.25, -0.2) is 0 Å². The summed E-state index contributed by atoms with van der Waals surface area (Å²) in [5.41, 5.74) is 5.17. The molecule has 2 aromatic rings. The summed E-state index contributed by atoms with van der Waals surface area (Å²) in [7, 11) is 0. The van der Waals surface area contributed by atoms with Gasteiger partial charge in [-0.05, 0) is 61.1 Å². The Labute approximate surface area is 179 Å². The molecule has 1 aliphatic carbocycles. The van der Waals surface area contributed by atoms with Gasteiger partial charge >= 0.3 is 0 Å². The lowest BCUT2D eigenvalue weighted by Gasteiger charge is -2.29. The molecule has 0 bridgehead atoms. The highest BCUT2D eigenvalue weighted by Gasteiger charge is 2.22. The van der Waals surface area contributed by atoms with Crippen molar-refractivity contribution < 1.29 is 0 Å². The Balaban J connectivity index is 1.39. The van der Waals surface area contributed by atoms with Crippen molar-refractivity contribution in [2.24, 2.45) is 5.92 Å². The van der Waals surface area contributed by atoms with Crippen LogP contribution in [0.15, 0.2) is 42.6 Å². The Morgan fingerprint density at radius 3 is 2.07 bits per heavy atom. The van der Waals surface area contributed by atoms with Crippen molar-refractivity contribution in [2.45, 2.75) is 103 Å². The molecule has 158 valence electrons. The van der Waals surface area contributed by atoms with Crippen molar-refractivity contribution in [3.63, 3.8) is 0 Å². The fraction of sp³-hybridized carbons (Fsp3) is 0.607. The zero-order valence-corrected chi connectivity index (χ0v) is 18.8. The third-order valence-corrected chi connectivity index (χ3v) is 6.97. The SMILES string of the molecule is CCCCCCCCCC1CCC(c2ccc(-c3ccc(CC)cn3)cc2)CC1. The topological polar surface area (TPSA) is 12.9 Å². The average Bonchev–Trinajstić information content (AvgIpc) is 2.79. The average molecular weight is 392 g/mol. The maximum atomic E-state index is 4.63. The normalized spacial score (nSPS) is 19.4. The minimum absolute atomic E-state index is 0.768. The largest absolute Gasteiger partial charge is 0.256 e. The highest BCUT2D eigenvalue weighted by Crippen LogP contribution is 2.38. The highest BCUT2D eigenvalue weighted by atomic mass is 14.7. The molecule has 3 rings (SSSR count). The standard InChI is InChI=1S/C28H41N/c1-3-5-6-7-8-9-10-11-24-12-15-25(16-13-24)26-17-19-27(20-18-26)28-21-14-23(4-2)22-29-28/h14,17-22,24-25H,3-13,15-16H2,1-2H3. The van der Waals surface area contributed by atoms with Crippen molar-refractivity contribution in [2.75, 3.05) is 0 Å². The summed E-state index contributed by atoms with van der Waals surface area (Å²) >= 11 is 0. The van der Waals surface area contributed by atoms with Crippen LogP contribution in [-0.2, 0) is 6.42 Å². The van der Waals surface area contributed by atoms with Gasteiger partial charge in [-0.1, -0.05) is 95.5 Å². The number of hydrogen-bond donors (Lipinski definition) is 0. The van der Waals surface area contributed by atoms with E-state index in [9.17, 15) is 0 Å². The Hall–Kier alpha value is -1.63. The zero-order chi connectivity index (χ0) is 20.3. The van der Waals surface area contributed by atoms with E-state index in [0.717, 1.165) is 24.0 Å². The highest BCUT2D eigenvalue weighted by molar-refractivity contribution is 5.59. The monoisotopic (exact) mass is 391 g/mol. The van der Waals surface area contributed by atoms with E-state index in [1.165, 1.54) is 93.7 Å². The molecule has 0 unspecified atom stereocenters. The van der Waals surface area contributed by atoms with E-state index < -0.39 is 0 Å². The predicted molar refractivity (Wildman–Crippen MR) is 126 cm³/mol. The molecular weight excluding hydrogens is 350 g/mol. The van der Waals surface area contributed by atoms with Crippen LogP contribution >= 0.6 is 0 Å². The van der Waals surface area contributed by atoms with E-state index in [0.29, 0.717) is 0 Å². The third kappa shape index (κ3) is 6.98. The molecule has 1 fully saturated rings. The molecule has 1 heteroatoms. The molecule has 1 nitrogen and oxygen atoms in total. The Morgan fingerprint density at radius 1 is 0.759 bits per heavy atom. The summed E-state index contributed by atoms with van der Waals surface area (Å²) in [6, 6.07) is 13.6. The van der Waals surface area contributed by atoms with Crippen molar-refractivity contribution in [1.82, 2.24) is 4.98 Å². The van der Waals surface area contributed by atoms with Gasteiger partial charge in [0.15, 0.2) is 0 Å². The van der Waals surface area contributed by atoms with Crippen molar-refractivity contribution in [3.05, 3.63) is 53.7 Å². The van der Waals surface area contributed by atoms with E-state index in [1.807, 2.05) is 6.20 Å². The molecular formula is C28H41N. The Bertz CT molecular complexity index is 677. The first-order chi connectivity index (χ1) is 14.3. The molecule has 0 radical (unpaired) electrons. The lowest BCUT2D eigenvalue weighted by Crippen LogP contribution is -2.13. The van der Waals surface area contributed by atoms with E-state index in [1.54, 1.807) is 0 Å². The zero-order valence-electron chi connectivity index (χ0n) is 18.8. The van der Waals surface area contributed by atoms with Crippen LogP contribution in [-0.4, -0.2) is 4.98 Å². The van der Waals surface area contributed by atoms with E-state index >= 15 is 0 Å². The number of unbranched alkanes of at least 4 members (excludes halogenated alkanes) is 6. The minimum Gasteiger partial charge on any atom is -0.256 e. The van der Waals surface area contributed by atoms with E-state index in [4.69, 9.17) is 0 Å². The van der Waals surface area contributed by atoms with Crippen LogP contribution in [0.5, 0.6) is 0 Å². The van der Waals surface area contributed by atoms with Crippen LogP contribution < -0.4 is 0 Å². The van der Waals surface area contributed by atoms with Crippen molar-refractivity contribution in [3.8, 4) is 11.3 Å². The fourth-order valence-corrected chi connectivity index (χ4v) is 4.91. The van der Waals surface area contributed by atoms with E-state index in [-0.39, 0.29) is 0 Å². The first-order valence-electron chi connectivity index (χ1n) is 12.4. The summed E-state index contributed by atoms with van der Waals surface area (Å²) in [4.78, 5) is 4.63. The molecule has 1 saturated carbocycles. The number of nitrogens with zero attached hydrogens (tertiary/aromatic N) is 1. The molecule has 0 N–H and O–H groups in total. The first-order valence-corrected chi connectivity index (χ1v) is 12.4. The molecule has 1 heterocycles. The van der Waals surface area contributed by atoms with Gasteiger partial charge in [0.05, 0.1) is 5.69 Å². The maximum Gasteiger partial charge on any atom is 0.0702 e. The Kier molecular flexibility index (Phi) is 9.25. The van der Waals surface area contributed by atoms with Gasteiger partial charge in [-0.15, -0.1) is 0 Å². The van der Waals surface area contributed by atoms with Crippen LogP contribution in [0, 0.1) is 5.92 Å². The van der Waals surface area contributed by atoms with Crippen molar-refractivity contribution >= 4 is 0 Å². The van der Waals surface area contributed by atoms with Gasteiger partial charge < -0.3 is 0 Å². The lowest BCUT2D eigenvalue weighted by atomic mass is 9.77. The number of aromatic nitrogens is 1. The molecule has 0 saturated heterocycles. The fourth-order valence-electron chi connectivity index (χ4n) is 4.91. The number of pyridine rings is 1. The van der Waals surface area contributed by atoms with Crippen molar-refractivity contribution in [1.29, 1.82) is 0 Å². The summed E-state index contributed by atoms with van der Waals surface area (Å²) < 4.78 is 0. The second-order valence-corrected chi connectivity index (χ2v) is 9.15. The molecule has 0 spiro atoms. The molecule has 1 aliphatic rings. The van der Waals surface area contributed by atoms with Gasteiger partial charge in [0.1, 0.15) is 0 Å². The van der Waals surface area contributed by atoms with Crippen LogP contribution in [0.2, 0.25) is 0 Å². The van der Waals surface area contributed by atoms with Crippen LogP contribution in [0.25, 0.3) is 11.3 Å². The number of rotatable bonds is 11. The number of aryl methyl sites for hydroxylation is 1. The summed E-state index contributed by atoms with van der Waals surface area (Å²) in [6.07, 6.45) is 20.2. The number of benzene rings is 1. The molecule has 1 aromatic carbocycles. The summed E-state index contributed by atoms with van der Waals surface area (Å²) in [5.74, 6) is 1.76. The predicted octanol–water partition coefficient (Wildman–Crippen LogP) is 8.73. The van der Waals surface area contributed by atoms with Gasteiger partial charge in [0.25, 0.3) is 0 Å². The smallest absolute Gasteiger partial charge is 0.0702 e. The lowest BCUT2D eigenvalue weighted by molar-refractivity contribution is 0.302. The number of hydrogen-bond acceptors (Lipinski definition) is 1.